The molecule has 1 aliphatic heterocycles. The second-order valence-corrected chi connectivity index (χ2v) is 7.45. The van der Waals surface area contributed by atoms with Crippen molar-refractivity contribution in [1.82, 2.24) is 10.2 Å². The second-order valence-electron chi connectivity index (χ2n) is 7.45. The lowest BCUT2D eigenvalue weighted by atomic mass is 9.98. The topological polar surface area (TPSA) is 41.6 Å². The summed E-state index contributed by atoms with van der Waals surface area (Å²) in [5.74, 6) is 1.74. The zero-order chi connectivity index (χ0) is 17.9. The molecule has 0 atom stereocenters. The van der Waals surface area contributed by atoms with Crippen LogP contribution in [0.15, 0.2) is 42.5 Å². The van der Waals surface area contributed by atoms with Crippen LogP contribution in [0.1, 0.15) is 30.4 Å². The summed E-state index contributed by atoms with van der Waals surface area (Å²) in [6, 6.07) is 14.9. The zero-order valence-electron chi connectivity index (χ0n) is 15.3. The average molecular weight is 350 g/mol. The van der Waals surface area contributed by atoms with Crippen LogP contribution in [0, 0.1) is 5.92 Å². The molecule has 0 saturated heterocycles. The van der Waals surface area contributed by atoms with Crippen molar-refractivity contribution in [1.29, 1.82) is 0 Å². The molecule has 1 fully saturated rings. The number of hydrogen-bond donors (Lipinski definition) is 1. The van der Waals surface area contributed by atoms with Crippen LogP contribution in [-0.2, 0) is 13.0 Å². The summed E-state index contributed by atoms with van der Waals surface area (Å²) < 4.78 is 5.69. The van der Waals surface area contributed by atoms with Gasteiger partial charge in [-0.1, -0.05) is 30.3 Å². The van der Waals surface area contributed by atoms with Crippen molar-refractivity contribution < 1.29 is 9.53 Å². The molecule has 0 bridgehead atoms. The van der Waals surface area contributed by atoms with Crippen molar-refractivity contribution in [2.45, 2.75) is 32.2 Å². The highest BCUT2D eigenvalue weighted by Gasteiger charge is 2.24. The van der Waals surface area contributed by atoms with E-state index in [0.717, 1.165) is 37.3 Å². The fourth-order valence-corrected chi connectivity index (χ4v) is 3.44. The van der Waals surface area contributed by atoms with Crippen molar-refractivity contribution in [2.75, 3.05) is 20.2 Å². The van der Waals surface area contributed by atoms with Crippen molar-refractivity contribution in [3.63, 3.8) is 0 Å². The van der Waals surface area contributed by atoms with Gasteiger partial charge in [-0.15, -0.1) is 0 Å². The van der Waals surface area contributed by atoms with Crippen LogP contribution in [0.25, 0.3) is 11.1 Å². The summed E-state index contributed by atoms with van der Waals surface area (Å²) in [6.45, 7) is 2.25. The molecule has 1 saturated carbocycles. The Bertz CT molecular complexity index is 781. The minimum atomic E-state index is 0.00987. The number of rotatable bonds is 5. The smallest absolute Gasteiger partial charge is 0.317 e. The van der Waals surface area contributed by atoms with Gasteiger partial charge in [-0.2, -0.15) is 0 Å². The Hall–Kier alpha value is -2.49. The van der Waals surface area contributed by atoms with E-state index in [9.17, 15) is 4.79 Å². The van der Waals surface area contributed by atoms with Crippen LogP contribution in [0.4, 0.5) is 4.79 Å². The van der Waals surface area contributed by atoms with E-state index in [1.54, 1.807) is 4.90 Å². The molecule has 2 aromatic carbocycles. The minimum absolute atomic E-state index is 0.00987. The quantitative estimate of drug-likeness (QED) is 0.877. The Morgan fingerprint density at radius 1 is 1.15 bits per heavy atom. The first-order chi connectivity index (χ1) is 12.7. The molecule has 1 N–H and O–H groups in total. The number of ether oxygens (including phenoxy) is 1. The number of hydrogen-bond acceptors (Lipinski definition) is 2. The Morgan fingerprint density at radius 2 is 1.92 bits per heavy atom. The SMILES string of the molecule is CN(CC1CC1)C(=O)NCc1ccc(-c2ccc3c(c2)CCCO3)cc1. The molecule has 4 nitrogen and oxygen atoms in total. The Morgan fingerprint density at radius 3 is 2.69 bits per heavy atom. The first-order valence-corrected chi connectivity index (χ1v) is 9.53. The zero-order valence-corrected chi connectivity index (χ0v) is 15.3. The fourth-order valence-electron chi connectivity index (χ4n) is 3.44. The molecule has 2 aromatic rings. The molecule has 4 heteroatoms. The van der Waals surface area contributed by atoms with Gasteiger partial charge in [-0.25, -0.2) is 4.79 Å². The minimum Gasteiger partial charge on any atom is -0.493 e. The van der Waals surface area contributed by atoms with Gasteiger partial charge >= 0.3 is 6.03 Å². The molecule has 2 amide bonds. The third-order valence-corrected chi connectivity index (χ3v) is 5.22. The molecular formula is C22H26N2O2. The van der Waals surface area contributed by atoms with Gasteiger partial charge in [0.15, 0.2) is 0 Å². The molecule has 0 aromatic heterocycles. The van der Waals surface area contributed by atoms with E-state index in [0.29, 0.717) is 12.5 Å². The summed E-state index contributed by atoms with van der Waals surface area (Å²) in [7, 11) is 1.87. The number of urea groups is 1. The van der Waals surface area contributed by atoms with E-state index in [1.165, 1.54) is 29.5 Å². The van der Waals surface area contributed by atoms with Gasteiger partial charge in [-0.3, -0.25) is 0 Å². The first kappa shape index (κ1) is 17.0. The number of amides is 2. The van der Waals surface area contributed by atoms with Crippen LogP contribution in [0.2, 0.25) is 0 Å². The van der Waals surface area contributed by atoms with Gasteiger partial charge in [0, 0.05) is 20.1 Å². The van der Waals surface area contributed by atoms with E-state index < -0.39 is 0 Å². The maximum Gasteiger partial charge on any atom is 0.317 e. The molecule has 2 aliphatic rings. The highest BCUT2D eigenvalue weighted by Crippen LogP contribution is 2.30. The van der Waals surface area contributed by atoms with E-state index in [2.05, 4.69) is 47.8 Å². The normalized spacial score (nSPS) is 15.7. The number of fused-ring (bicyclic) bond motifs is 1. The third kappa shape index (κ3) is 4.01. The number of aryl methyl sites for hydroxylation is 1. The predicted molar refractivity (Wildman–Crippen MR) is 103 cm³/mol. The van der Waals surface area contributed by atoms with Crippen LogP contribution in [-0.4, -0.2) is 31.1 Å². The van der Waals surface area contributed by atoms with Crippen LogP contribution >= 0.6 is 0 Å². The third-order valence-electron chi connectivity index (χ3n) is 5.22. The van der Waals surface area contributed by atoms with E-state index in [4.69, 9.17) is 4.74 Å². The van der Waals surface area contributed by atoms with Crippen LogP contribution in [0.3, 0.4) is 0 Å². The molecule has 4 rings (SSSR count). The van der Waals surface area contributed by atoms with Crippen LogP contribution < -0.4 is 10.1 Å². The molecule has 1 heterocycles. The molecule has 0 unspecified atom stereocenters. The highest BCUT2D eigenvalue weighted by atomic mass is 16.5. The summed E-state index contributed by atoms with van der Waals surface area (Å²) in [4.78, 5) is 13.9. The largest absolute Gasteiger partial charge is 0.493 e. The number of carbonyl (C=O) groups is 1. The van der Waals surface area contributed by atoms with Gasteiger partial charge in [-0.05, 0) is 66.0 Å². The van der Waals surface area contributed by atoms with Crippen molar-refractivity contribution in [3.8, 4) is 16.9 Å². The van der Waals surface area contributed by atoms with Gasteiger partial charge in [0.1, 0.15) is 5.75 Å². The summed E-state index contributed by atoms with van der Waals surface area (Å²) in [5.41, 5.74) is 4.82. The maximum absolute atomic E-state index is 12.1. The first-order valence-electron chi connectivity index (χ1n) is 9.53. The monoisotopic (exact) mass is 350 g/mol. The van der Waals surface area contributed by atoms with E-state index in [-0.39, 0.29) is 6.03 Å². The number of nitrogens with one attached hydrogen (secondary N) is 1. The molecular weight excluding hydrogens is 324 g/mol. The van der Waals surface area contributed by atoms with Gasteiger partial charge < -0.3 is 15.0 Å². The lowest BCUT2D eigenvalue weighted by Crippen LogP contribution is -2.37. The summed E-state index contributed by atoms with van der Waals surface area (Å²) >= 11 is 0. The number of nitrogens with zero attached hydrogens (tertiary/aromatic N) is 1. The number of benzene rings is 2. The lowest BCUT2D eigenvalue weighted by molar-refractivity contribution is 0.206. The average Bonchev–Trinajstić information content (AvgIpc) is 3.50. The number of carbonyl (C=O) groups excluding carboxylic acids is 1. The van der Waals surface area contributed by atoms with Gasteiger partial charge in [0.2, 0.25) is 0 Å². The Balaban J connectivity index is 1.36. The van der Waals surface area contributed by atoms with Gasteiger partial charge in [0.05, 0.1) is 6.61 Å². The predicted octanol–water partition coefficient (Wildman–Crippen LogP) is 4.23. The van der Waals surface area contributed by atoms with Gasteiger partial charge in [0.25, 0.3) is 0 Å². The highest BCUT2D eigenvalue weighted by molar-refractivity contribution is 5.74. The van der Waals surface area contributed by atoms with Crippen LogP contribution in [0.5, 0.6) is 5.75 Å². The fraction of sp³-hybridized carbons (Fsp3) is 0.409. The van der Waals surface area contributed by atoms with Crippen molar-refractivity contribution >= 4 is 6.03 Å². The second kappa shape index (κ2) is 7.40. The van der Waals surface area contributed by atoms with E-state index in [1.807, 2.05) is 7.05 Å². The maximum atomic E-state index is 12.1. The molecule has 26 heavy (non-hydrogen) atoms. The lowest BCUT2D eigenvalue weighted by Gasteiger charge is -2.18. The summed E-state index contributed by atoms with van der Waals surface area (Å²) in [5, 5.41) is 3.00. The summed E-state index contributed by atoms with van der Waals surface area (Å²) in [6.07, 6.45) is 4.69. The molecule has 1 aliphatic carbocycles. The molecule has 0 radical (unpaired) electrons. The standard InChI is InChI=1S/C22H26N2O2/c1-24(15-17-4-5-17)22(25)23-14-16-6-8-18(9-7-16)19-10-11-21-20(13-19)3-2-12-26-21/h6-11,13,17H,2-5,12,14-15H2,1H3,(H,23,25). The van der Waals surface area contributed by atoms with E-state index >= 15 is 0 Å². The van der Waals surface area contributed by atoms with Crippen molar-refractivity contribution in [3.05, 3.63) is 53.6 Å². The Kier molecular flexibility index (Phi) is 4.83. The molecule has 0 spiro atoms. The Labute approximate surface area is 155 Å². The van der Waals surface area contributed by atoms with Crippen molar-refractivity contribution in [2.24, 2.45) is 5.92 Å². The molecule has 136 valence electrons.